The third kappa shape index (κ3) is 4.78. The molecule has 0 bridgehead atoms. The van der Waals surface area contributed by atoms with Crippen molar-refractivity contribution in [2.24, 2.45) is 0 Å². The SMILES string of the molecule is CC=C(C(=O)O)C(NS(=O)(=O)c1ccc(C)cc1)c1cccc(Br)c1. The third-order valence-electron chi connectivity index (χ3n) is 3.66. The Morgan fingerprint density at radius 1 is 1.20 bits per heavy atom. The summed E-state index contributed by atoms with van der Waals surface area (Å²) in [5, 5.41) is 9.46. The van der Waals surface area contributed by atoms with E-state index < -0.39 is 22.0 Å². The number of halogens is 1. The van der Waals surface area contributed by atoms with E-state index in [9.17, 15) is 18.3 Å². The van der Waals surface area contributed by atoms with Gasteiger partial charge in [0.1, 0.15) is 0 Å². The first-order chi connectivity index (χ1) is 11.7. The molecule has 0 saturated heterocycles. The first-order valence-electron chi connectivity index (χ1n) is 7.48. The summed E-state index contributed by atoms with van der Waals surface area (Å²) >= 11 is 3.33. The van der Waals surface area contributed by atoms with Gasteiger partial charge in [-0.15, -0.1) is 0 Å². The number of rotatable bonds is 6. The molecule has 0 heterocycles. The van der Waals surface area contributed by atoms with E-state index in [2.05, 4.69) is 20.7 Å². The zero-order chi connectivity index (χ0) is 18.6. The van der Waals surface area contributed by atoms with Gasteiger partial charge >= 0.3 is 5.97 Å². The Morgan fingerprint density at radius 2 is 1.84 bits per heavy atom. The summed E-state index contributed by atoms with van der Waals surface area (Å²) in [6, 6.07) is 12.2. The second kappa shape index (κ2) is 7.95. The first-order valence-corrected chi connectivity index (χ1v) is 9.76. The van der Waals surface area contributed by atoms with Gasteiger partial charge in [-0.25, -0.2) is 13.2 Å². The van der Waals surface area contributed by atoms with Crippen molar-refractivity contribution in [3.05, 3.63) is 75.8 Å². The molecule has 0 aliphatic carbocycles. The van der Waals surface area contributed by atoms with Crippen molar-refractivity contribution in [3.8, 4) is 0 Å². The van der Waals surface area contributed by atoms with Gasteiger partial charge in [-0.1, -0.05) is 51.8 Å². The Hall–Kier alpha value is -1.96. The van der Waals surface area contributed by atoms with E-state index >= 15 is 0 Å². The van der Waals surface area contributed by atoms with Crippen molar-refractivity contribution in [1.82, 2.24) is 4.72 Å². The van der Waals surface area contributed by atoms with Gasteiger partial charge in [0, 0.05) is 4.47 Å². The molecular weight excluding hydrogens is 406 g/mol. The third-order valence-corrected chi connectivity index (χ3v) is 5.59. The largest absolute Gasteiger partial charge is 0.478 e. The minimum absolute atomic E-state index is 0.0474. The van der Waals surface area contributed by atoms with Crippen LogP contribution in [0.4, 0.5) is 0 Å². The molecule has 0 radical (unpaired) electrons. The fourth-order valence-corrected chi connectivity index (χ4v) is 3.97. The van der Waals surface area contributed by atoms with Crippen LogP contribution in [0, 0.1) is 6.92 Å². The standard InChI is InChI=1S/C18H18BrNO4S/c1-3-16(18(21)22)17(13-5-4-6-14(19)11-13)20-25(23,24)15-9-7-12(2)8-10-15/h3-11,17,20H,1-2H3,(H,21,22). The quantitative estimate of drug-likeness (QED) is 0.691. The molecule has 0 aliphatic rings. The summed E-state index contributed by atoms with van der Waals surface area (Å²) in [7, 11) is -3.90. The van der Waals surface area contributed by atoms with Crippen molar-refractivity contribution in [1.29, 1.82) is 0 Å². The van der Waals surface area contributed by atoms with E-state index in [1.54, 1.807) is 43.3 Å². The number of allylic oxidation sites excluding steroid dienone is 1. The lowest BCUT2D eigenvalue weighted by Crippen LogP contribution is -2.32. The minimum Gasteiger partial charge on any atom is -0.478 e. The molecule has 0 saturated carbocycles. The molecule has 0 amide bonds. The lowest BCUT2D eigenvalue weighted by Gasteiger charge is -2.20. The van der Waals surface area contributed by atoms with E-state index in [1.165, 1.54) is 18.2 Å². The average Bonchev–Trinajstić information content (AvgIpc) is 2.54. The van der Waals surface area contributed by atoms with E-state index in [0.29, 0.717) is 5.56 Å². The smallest absolute Gasteiger partial charge is 0.333 e. The molecule has 0 fully saturated rings. The maximum atomic E-state index is 12.7. The molecule has 25 heavy (non-hydrogen) atoms. The molecular formula is C18H18BrNO4S. The number of benzene rings is 2. The highest BCUT2D eigenvalue weighted by Crippen LogP contribution is 2.27. The fourth-order valence-electron chi connectivity index (χ4n) is 2.35. The number of aliphatic carboxylic acids is 1. The second-order valence-electron chi connectivity index (χ2n) is 5.47. The number of nitrogens with one attached hydrogen (secondary N) is 1. The summed E-state index contributed by atoms with van der Waals surface area (Å²) in [4.78, 5) is 11.7. The van der Waals surface area contributed by atoms with E-state index in [0.717, 1.165) is 10.0 Å². The van der Waals surface area contributed by atoms with Gasteiger partial charge in [-0.3, -0.25) is 0 Å². The van der Waals surface area contributed by atoms with Crippen molar-refractivity contribution < 1.29 is 18.3 Å². The van der Waals surface area contributed by atoms with Gasteiger partial charge < -0.3 is 5.11 Å². The Labute approximate surface area is 155 Å². The van der Waals surface area contributed by atoms with E-state index in [1.807, 2.05) is 6.92 Å². The van der Waals surface area contributed by atoms with E-state index in [4.69, 9.17) is 0 Å². The highest BCUT2D eigenvalue weighted by molar-refractivity contribution is 9.10. The summed E-state index contributed by atoms with van der Waals surface area (Å²) in [6.07, 6.45) is 1.39. The van der Waals surface area contributed by atoms with Crippen LogP contribution in [-0.2, 0) is 14.8 Å². The van der Waals surface area contributed by atoms with Gasteiger partial charge in [0.15, 0.2) is 0 Å². The van der Waals surface area contributed by atoms with Gasteiger partial charge in [-0.2, -0.15) is 4.72 Å². The maximum Gasteiger partial charge on any atom is 0.333 e. The number of hydrogen-bond donors (Lipinski definition) is 2. The monoisotopic (exact) mass is 423 g/mol. The van der Waals surface area contributed by atoms with Crippen LogP contribution in [0.3, 0.4) is 0 Å². The molecule has 0 aromatic heterocycles. The Morgan fingerprint density at radius 3 is 2.36 bits per heavy atom. The van der Waals surface area contributed by atoms with Gasteiger partial charge in [0.05, 0.1) is 16.5 Å². The molecule has 7 heteroatoms. The van der Waals surface area contributed by atoms with Gasteiger partial charge in [0.25, 0.3) is 0 Å². The summed E-state index contributed by atoms with van der Waals surface area (Å²) < 4.78 is 28.7. The highest BCUT2D eigenvalue weighted by Gasteiger charge is 2.27. The number of carboxylic acids is 1. The molecule has 0 aliphatic heterocycles. The van der Waals surface area contributed by atoms with Gasteiger partial charge in [0.2, 0.25) is 10.0 Å². The van der Waals surface area contributed by atoms with Crippen molar-refractivity contribution in [2.45, 2.75) is 24.8 Å². The van der Waals surface area contributed by atoms with Crippen LogP contribution in [0.5, 0.6) is 0 Å². The lowest BCUT2D eigenvalue weighted by molar-refractivity contribution is -0.133. The Balaban J connectivity index is 2.49. The first kappa shape index (κ1) is 19.4. The molecule has 2 N–H and O–H groups in total. The van der Waals surface area contributed by atoms with Crippen LogP contribution < -0.4 is 4.72 Å². The maximum absolute atomic E-state index is 12.7. The van der Waals surface area contributed by atoms with Crippen molar-refractivity contribution >= 4 is 31.9 Å². The van der Waals surface area contributed by atoms with Crippen LogP contribution in [-0.4, -0.2) is 19.5 Å². The molecule has 2 rings (SSSR count). The lowest BCUT2D eigenvalue weighted by atomic mass is 9.99. The molecule has 1 atom stereocenters. The van der Waals surface area contributed by atoms with Crippen molar-refractivity contribution in [3.63, 3.8) is 0 Å². The topological polar surface area (TPSA) is 83.5 Å². The minimum atomic E-state index is -3.90. The molecule has 132 valence electrons. The zero-order valence-corrected chi connectivity index (χ0v) is 16.1. The summed E-state index contributed by atoms with van der Waals surface area (Å²) in [5.74, 6) is -1.18. The molecule has 1 unspecified atom stereocenters. The van der Waals surface area contributed by atoms with Crippen LogP contribution in [0.1, 0.15) is 24.1 Å². The van der Waals surface area contributed by atoms with E-state index in [-0.39, 0.29) is 10.5 Å². The van der Waals surface area contributed by atoms with Crippen LogP contribution in [0.25, 0.3) is 0 Å². The molecule has 2 aromatic carbocycles. The molecule has 5 nitrogen and oxygen atoms in total. The van der Waals surface area contributed by atoms with Crippen molar-refractivity contribution in [2.75, 3.05) is 0 Å². The van der Waals surface area contributed by atoms with Crippen LogP contribution >= 0.6 is 15.9 Å². The number of carbonyl (C=O) groups is 1. The fraction of sp³-hybridized carbons (Fsp3) is 0.167. The second-order valence-corrected chi connectivity index (χ2v) is 8.10. The molecule has 2 aromatic rings. The number of hydrogen-bond acceptors (Lipinski definition) is 3. The molecule has 0 spiro atoms. The number of aryl methyl sites for hydroxylation is 1. The van der Waals surface area contributed by atoms with Gasteiger partial charge in [-0.05, 0) is 43.7 Å². The zero-order valence-electron chi connectivity index (χ0n) is 13.7. The normalized spacial score (nSPS) is 13.5. The summed E-state index contributed by atoms with van der Waals surface area (Å²) in [5.41, 5.74) is 1.41. The summed E-state index contributed by atoms with van der Waals surface area (Å²) in [6.45, 7) is 3.42. The number of sulfonamides is 1. The number of carboxylic acid groups (broad SMARTS) is 1. The van der Waals surface area contributed by atoms with Crippen LogP contribution in [0.2, 0.25) is 0 Å². The predicted octanol–water partition coefficient (Wildman–Crippen LogP) is 3.81. The Kier molecular flexibility index (Phi) is 6.16. The Bertz CT molecular complexity index is 905. The van der Waals surface area contributed by atoms with Crippen LogP contribution in [0.15, 0.2) is 69.5 Å². The highest BCUT2D eigenvalue weighted by atomic mass is 79.9. The average molecular weight is 424 g/mol. The predicted molar refractivity (Wildman–Crippen MR) is 99.8 cm³/mol.